The number of piperidine rings is 1. The molecule has 0 aliphatic carbocycles. The maximum absolute atomic E-state index is 12.4. The maximum atomic E-state index is 12.4. The molecular formula is C22H21N3O3. The second-order valence-electron chi connectivity index (χ2n) is 6.80. The van der Waals surface area contributed by atoms with Crippen LogP contribution in [0.4, 0.5) is 0 Å². The minimum absolute atomic E-state index is 0.0143. The molecule has 1 aliphatic heterocycles. The quantitative estimate of drug-likeness (QED) is 0.696. The Labute approximate surface area is 163 Å². The number of hydrogen-bond acceptors (Lipinski definition) is 4. The Hall–Kier alpha value is -3.41. The van der Waals surface area contributed by atoms with E-state index in [1.807, 2.05) is 66.9 Å². The molecular weight excluding hydrogens is 354 g/mol. The summed E-state index contributed by atoms with van der Waals surface area (Å²) in [6.45, 7) is 0.479. The molecule has 2 aromatic carbocycles. The van der Waals surface area contributed by atoms with E-state index in [0.717, 1.165) is 22.5 Å². The van der Waals surface area contributed by atoms with Crippen molar-refractivity contribution in [1.29, 1.82) is 0 Å². The molecule has 4 rings (SSSR count). The number of nitrogens with one attached hydrogen (secondary N) is 1. The highest BCUT2D eigenvalue weighted by molar-refractivity contribution is 5.81. The van der Waals surface area contributed by atoms with Gasteiger partial charge in [-0.25, -0.2) is 4.68 Å². The number of carbonyl (C=O) groups excluding carboxylic acids is 2. The summed E-state index contributed by atoms with van der Waals surface area (Å²) in [5.74, 6) is -0.590. The van der Waals surface area contributed by atoms with Crippen molar-refractivity contribution >= 4 is 11.9 Å². The van der Waals surface area contributed by atoms with Gasteiger partial charge in [-0.3, -0.25) is 9.59 Å². The number of hydrogen-bond donors (Lipinski definition) is 1. The summed E-state index contributed by atoms with van der Waals surface area (Å²) in [7, 11) is 0. The zero-order valence-electron chi connectivity index (χ0n) is 15.4. The Morgan fingerprint density at radius 2 is 1.82 bits per heavy atom. The van der Waals surface area contributed by atoms with E-state index in [2.05, 4.69) is 5.32 Å². The van der Waals surface area contributed by atoms with Crippen LogP contribution in [0.1, 0.15) is 18.4 Å². The smallest absolute Gasteiger partial charge is 0.311 e. The molecule has 1 aliphatic rings. The molecule has 6 nitrogen and oxygen atoms in total. The third-order valence-electron chi connectivity index (χ3n) is 4.83. The van der Waals surface area contributed by atoms with E-state index >= 15 is 0 Å². The molecule has 1 atom stereocenters. The van der Waals surface area contributed by atoms with Gasteiger partial charge in [-0.2, -0.15) is 5.10 Å². The highest BCUT2D eigenvalue weighted by atomic mass is 16.5. The predicted octanol–water partition coefficient (Wildman–Crippen LogP) is 3.11. The van der Waals surface area contributed by atoms with Crippen molar-refractivity contribution in [2.24, 2.45) is 5.92 Å². The van der Waals surface area contributed by atoms with Gasteiger partial charge in [0, 0.05) is 30.3 Å². The molecule has 0 saturated carbocycles. The predicted molar refractivity (Wildman–Crippen MR) is 105 cm³/mol. The van der Waals surface area contributed by atoms with Gasteiger partial charge < -0.3 is 10.1 Å². The summed E-state index contributed by atoms with van der Waals surface area (Å²) >= 11 is 0. The number of carbonyl (C=O) groups is 2. The maximum Gasteiger partial charge on any atom is 0.311 e. The van der Waals surface area contributed by atoms with Crippen LogP contribution in [-0.4, -0.2) is 28.2 Å². The SMILES string of the molecule is O=C1CC[C@H](C(=O)OCc2cn(-c3ccccc3)nc2-c2ccccc2)CN1. The Bertz CT molecular complexity index is 957. The Balaban J connectivity index is 1.56. The number of rotatable bonds is 5. The van der Waals surface area contributed by atoms with Crippen LogP contribution in [0.2, 0.25) is 0 Å². The average molecular weight is 375 g/mol. The van der Waals surface area contributed by atoms with Gasteiger partial charge in [0.2, 0.25) is 5.91 Å². The Morgan fingerprint density at radius 1 is 1.11 bits per heavy atom. The average Bonchev–Trinajstić information content (AvgIpc) is 3.18. The fourth-order valence-corrected chi connectivity index (χ4v) is 3.27. The first kappa shape index (κ1) is 18.0. The van der Waals surface area contributed by atoms with E-state index in [9.17, 15) is 9.59 Å². The lowest BCUT2D eigenvalue weighted by Crippen LogP contribution is -2.39. The summed E-state index contributed by atoms with van der Waals surface area (Å²) in [6, 6.07) is 19.6. The third-order valence-corrected chi connectivity index (χ3v) is 4.83. The number of esters is 1. The van der Waals surface area contributed by atoms with Crippen molar-refractivity contribution in [3.8, 4) is 16.9 Å². The lowest BCUT2D eigenvalue weighted by atomic mass is 9.99. The number of aromatic nitrogens is 2. The molecule has 28 heavy (non-hydrogen) atoms. The Kier molecular flexibility index (Phi) is 5.19. The minimum atomic E-state index is -0.290. The van der Waals surface area contributed by atoms with Gasteiger partial charge in [-0.05, 0) is 18.6 Å². The summed E-state index contributed by atoms with van der Waals surface area (Å²) in [5.41, 5.74) is 3.53. The molecule has 1 amide bonds. The van der Waals surface area contributed by atoms with Gasteiger partial charge in [0.15, 0.2) is 0 Å². The van der Waals surface area contributed by atoms with Gasteiger partial charge in [0.05, 0.1) is 17.3 Å². The molecule has 3 aromatic rings. The zero-order chi connectivity index (χ0) is 19.3. The molecule has 0 unspecified atom stereocenters. The van der Waals surface area contributed by atoms with E-state index in [0.29, 0.717) is 19.4 Å². The van der Waals surface area contributed by atoms with Crippen LogP contribution < -0.4 is 5.32 Å². The molecule has 0 radical (unpaired) electrons. The summed E-state index contributed by atoms with van der Waals surface area (Å²) in [6.07, 6.45) is 2.79. The number of ether oxygens (including phenoxy) is 1. The number of para-hydroxylation sites is 1. The van der Waals surface area contributed by atoms with Crippen LogP contribution >= 0.6 is 0 Å². The topological polar surface area (TPSA) is 73.2 Å². The molecule has 1 aromatic heterocycles. The van der Waals surface area contributed by atoms with Gasteiger partial charge in [-0.1, -0.05) is 48.5 Å². The Morgan fingerprint density at radius 3 is 2.50 bits per heavy atom. The summed E-state index contributed by atoms with van der Waals surface area (Å²) < 4.78 is 7.37. The van der Waals surface area contributed by atoms with Crippen molar-refractivity contribution < 1.29 is 14.3 Å². The van der Waals surface area contributed by atoms with Crippen LogP contribution in [-0.2, 0) is 20.9 Å². The molecule has 0 spiro atoms. The van der Waals surface area contributed by atoms with Crippen LogP contribution in [0, 0.1) is 5.92 Å². The molecule has 142 valence electrons. The first-order chi connectivity index (χ1) is 13.7. The monoisotopic (exact) mass is 375 g/mol. The minimum Gasteiger partial charge on any atom is -0.460 e. The number of amides is 1. The largest absolute Gasteiger partial charge is 0.460 e. The molecule has 6 heteroatoms. The van der Waals surface area contributed by atoms with Crippen molar-refractivity contribution in [1.82, 2.24) is 15.1 Å². The van der Waals surface area contributed by atoms with E-state index in [1.54, 1.807) is 4.68 Å². The third kappa shape index (κ3) is 3.96. The van der Waals surface area contributed by atoms with Crippen LogP contribution in [0.5, 0.6) is 0 Å². The van der Waals surface area contributed by atoms with Gasteiger partial charge >= 0.3 is 5.97 Å². The standard InChI is InChI=1S/C22H21N3O3/c26-20-12-11-17(13-23-20)22(27)28-15-18-14-25(19-9-5-2-6-10-19)24-21(18)16-7-3-1-4-8-16/h1-10,14,17H,11-13,15H2,(H,23,26)/t17-/m0/s1. The highest BCUT2D eigenvalue weighted by Crippen LogP contribution is 2.25. The van der Waals surface area contributed by atoms with E-state index in [1.165, 1.54) is 0 Å². The lowest BCUT2D eigenvalue weighted by molar-refractivity contribution is -0.151. The summed E-state index contributed by atoms with van der Waals surface area (Å²) in [4.78, 5) is 23.7. The van der Waals surface area contributed by atoms with Crippen molar-refractivity contribution in [3.63, 3.8) is 0 Å². The molecule has 1 saturated heterocycles. The fraction of sp³-hybridized carbons (Fsp3) is 0.227. The molecule has 2 heterocycles. The second kappa shape index (κ2) is 8.08. The fourth-order valence-electron chi connectivity index (χ4n) is 3.27. The number of benzene rings is 2. The molecule has 0 bridgehead atoms. The van der Waals surface area contributed by atoms with Gasteiger partial charge in [-0.15, -0.1) is 0 Å². The van der Waals surface area contributed by atoms with E-state index in [-0.39, 0.29) is 24.4 Å². The molecule has 1 fully saturated rings. The number of nitrogens with zero attached hydrogens (tertiary/aromatic N) is 2. The van der Waals surface area contributed by atoms with Crippen molar-refractivity contribution in [3.05, 3.63) is 72.4 Å². The molecule has 1 N–H and O–H groups in total. The van der Waals surface area contributed by atoms with Crippen LogP contribution in [0.25, 0.3) is 16.9 Å². The van der Waals surface area contributed by atoms with Crippen molar-refractivity contribution in [2.45, 2.75) is 19.4 Å². The van der Waals surface area contributed by atoms with Crippen LogP contribution in [0.15, 0.2) is 66.9 Å². The summed E-state index contributed by atoms with van der Waals surface area (Å²) in [5, 5.41) is 7.44. The van der Waals surface area contributed by atoms with Gasteiger partial charge in [0.25, 0.3) is 0 Å². The van der Waals surface area contributed by atoms with Gasteiger partial charge in [0.1, 0.15) is 6.61 Å². The first-order valence-electron chi connectivity index (χ1n) is 9.33. The highest BCUT2D eigenvalue weighted by Gasteiger charge is 2.26. The van der Waals surface area contributed by atoms with Crippen molar-refractivity contribution in [2.75, 3.05) is 6.54 Å². The first-order valence-corrected chi connectivity index (χ1v) is 9.33. The lowest BCUT2D eigenvalue weighted by Gasteiger charge is -2.20. The zero-order valence-corrected chi connectivity index (χ0v) is 15.4. The van der Waals surface area contributed by atoms with Crippen LogP contribution in [0.3, 0.4) is 0 Å². The van der Waals surface area contributed by atoms with E-state index < -0.39 is 0 Å². The van der Waals surface area contributed by atoms with E-state index in [4.69, 9.17) is 9.84 Å². The second-order valence-corrected chi connectivity index (χ2v) is 6.80. The normalized spacial score (nSPS) is 16.4.